The zero-order chi connectivity index (χ0) is 20.8. The van der Waals surface area contributed by atoms with Gasteiger partial charge in [-0.15, -0.1) is 0 Å². The van der Waals surface area contributed by atoms with Crippen molar-refractivity contribution in [1.29, 1.82) is 0 Å². The molecule has 1 aromatic carbocycles. The van der Waals surface area contributed by atoms with Crippen LogP contribution in [0.3, 0.4) is 0 Å². The first-order valence-electron chi connectivity index (χ1n) is 8.28. The van der Waals surface area contributed by atoms with Crippen LogP contribution in [0.25, 0.3) is 0 Å². The summed E-state index contributed by atoms with van der Waals surface area (Å²) in [4.78, 5) is 35.6. The minimum atomic E-state index is -3.71. The van der Waals surface area contributed by atoms with Crippen molar-refractivity contribution in [2.75, 3.05) is 27.2 Å². The fourth-order valence-electron chi connectivity index (χ4n) is 2.08. The van der Waals surface area contributed by atoms with Crippen LogP contribution in [0.4, 0.5) is 0 Å². The number of hydrogen-bond donors (Lipinski definition) is 2. The molecule has 0 aliphatic carbocycles. The van der Waals surface area contributed by atoms with Gasteiger partial charge in [-0.25, -0.2) is 17.5 Å². The van der Waals surface area contributed by atoms with Gasteiger partial charge in [0.15, 0.2) is 6.61 Å². The standard InChI is InChI=1S/C17H25N3O6S/c1-6-18-16(22)12(3)19-15(21)10-26-17(23)14-9-13(8-7-11(14)2)27(24,25)20(4)5/h7-9,12H,6,10H2,1-5H3,(H,18,22)(H,19,21)/t12-/m1/s1. The lowest BCUT2D eigenvalue weighted by molar-refractivity contribution is -0.130. The number of esters is 1. The highest BCUT2D eigenvalue weighted by atomic mass is 32.2. The van der Waals surface area contributed by atoms with Gasteiger partial charge in [0.1, 0.15) is 6.04 Å². The summed E-state index contributed by atoms with van der Waals surface area (Å²) in [6, 6.07) is 3.32. The number of ether oxygens (including phenoxy) is 1. The number of likely N-dealkylation sites (N-methyl/N-ethyl adjacent to an activating group) is 1. The van der Waals surface area contributed by atoms with Crippen LogP contribution in [-0.4, -0.2) is 63.8 Å². The minimum Gasteiger partial charge on any atom is -0.452 e. The van der Waals surface area contributed by atoms with Crippen LogP contribution in [0.1, 0.15) is 29.8 Å². The highest BCUT2D eigenvalue weighted by Gasteiger charge is 2.22. The van der Waals surface area contributed by atoms with Gasteiger partial charge in [-0.3, -0.25) is 9.59 Å². The Morgan fingerprint density at radius 1 is 1.22 bits per heavy atom. The Morgan fingerprint density at radius 2 is 1.85 bits per heavy atom. The molecule has 0 saturated heterocycles. The van der Waals surface area contributed by atoms with Crippen LogP contribution in [0.5, 0.6) is 0 Å². The van der Waals surface area contributed by atoms with E-state index in [1.54, 1.807) is 13.8 Å². The summed E-state index contributed by atoms with van der Waals surface area (Å²) >= 11 is 0. The molecule has 0 saturated carbocycles. The van der Waals surface area contributed by atoms with Crippen LogP contribution >= 0.6 is 0 Å². The maximum atomic E-state index is 12.3. The van der Waals surface area contributed by atoms with Crippen LogP contribution in [0, 0.1) is 6.92 Å². The van der Waals surface area contributed by atoms with Gasteiger partial charge in [0.25, 0.3) is 5.91 Å². The maximum absolute atomic E-state index is 12.3. The van der Waals surface area contributed by atoms with Gasteiger partial charge < -0.3 is 15.4 Å². The predicted octanol–water partition coefficient (Wildman–Crippen LogP) is 0.0429. The fraction of sp³-hybridized carbons (Fsp3) is 0.471. The number of sulfonamides is 1. The monoisotopic (exact) mass is 399 g/mol. The summed E-state index contributed by atoms with van der Waals surface area (Å²) in [7, 11) is -0.945. The topological polar surface area (TPSA) is 122 Å². The number of benzene rings is 1. The number of nitrogens with zero attached hydrogens (tertiary/aromatic N) is 1. The molecular weight excluding hydrogens is 374 g/mol. The van der Waals surface area contributed by atoms with Gasteiger partial charge in [-0.2, -0.15) is 0 Å². The second kappa shape index (κ2) is 9.47. The van der Waals surface area contributed by atoms with E-state index in [4.69, 9.17) is 4.74 Å². The largest absolute Gasteiger partial charge is 0.452 e. The van der Waals surface area contributed by atoms with E-state index in [1.807, 2.05) is 0 Å². The Balaban J connectivity index is 2.81. The number of amides is 2. The fourth-order valence-corrected chi connectivity index (χ4v) is 3.01. The maximum Gasteiger partial charge on any atom is 0.338 e. The van der Waals surface area contributed by atoms with Gasteiger partial charge in [0.2, 0.25) is 15.9 Å². The summed E-state index contributed by atoms with van der Waals surface area (Å²) in [5, 5.41) is 4.96. The summed E-state index contributed by atoms with van der Waals surface area (Å²) in [6.45, 7) is 4.72. The van der Waals surface area contributed by atoms with E-state index in [1.165, 1.54) is 39.2 Å². The van der Waals surface area contributed by atoms with Crippen molar-refractivity contribution in [3.8, 4) is 0 Å². The smallest absolute Gasteiger partial charge is 0.338 e. The Hall–Kier alpha value is -2.46. The molecule has 150 valence electrons. The van der Waals surface area contributed by atoms with Crippen molar-refractivity contribution in [3.05, 3.63) is 29.3 Å². The first-order chi connectivity index (χ1) is 12.5. The van der Waals surface area contributed by atoms with Crippen molar-refractivity contribution in [2.45, 2.75) is 31.7 Å². The molecule has 9 nitrogen and oxygen atoms in total. The number of rotatable bonds is 8. The van der Waals surface area contributed by atoms with Crippen molar-refractivity contribution >= 4 is 27.8 Å². The summed E-state index contributed by atoms with van der Waals surface area (Å²) < 4.78 is 30.4. The average Bonchev–Trinajstić information content (AvgIpc) is 2.59. The van der Waals surface area contributed by atoms with Crippen LogP contribution in [-0.2, 0) is 24.3 Å². The van der Waals surface area contributed by atoms with E-state index in [2.05, 4.69) is 10.6 Å². The van der Waals surface area contributed by atoms with Crippen molar-refractivity contribution in [3.63, 3.8) is 0 Å². The summed E-state index contributed by atoms with van der Waals surface area (Å²) in [6.07, 6.45) is 0. The number of carbonyl (C=O) groups excluding carboxylic acids is 3. The molecule has 0 fully saturated rings. The van der Waals surface area contributed by atoms with Gasteiger partial charge in [0, 0.05) is 20.6 Å². The quantitative estimate of drug-likeness (QED) is 0.596. The molecular formula is C17H25N3O6S. The third kappa shape index (κ3) is 6.04. The molecule has 2 amide bonds. The highest BCUT2D eigenvalue weighted by Crippen LogP contribution is 2.18. The Bertz CT molecular complexity index is 820. The number of carbonyl (C=O) groups is 3. The van der Waals surface area contributed by atoms with Crippen molar-refractivity contribution in [1.82, 2.24) is 14.9 Å². The first-order valence-corrected chi connectivity index (χ1v) is 9.72. The van der Waals surface area contributed by atoms with E-state index in [0.717, 1.165) is 4.31 Å². The van der Waals surface area contributed by atoms with E-state index < -0.39 is 34.5 Å². The molecule has 0 heterocycles. The summed E-state index contributed by atoms with van der Waals surface area (Å²) in [5.41, 5.74) is 0.552. The SMILES string of the molecule is CCNC(=O)[C@@H](C)NC(=O)COC(=O)c1cc(S(=O)(=O)N(C)C)ccc1C. The van der Waals surface area contributed by atoms with E-state index >= 15 is 0 Å². The lowest BCUT2D eigenvalue weighted by Gasteiger charge is -2.15. The molecule has 0 radical (unpaired) electrons. The number of nitrogens with one attached hydrogen (secondary N) is 2. The Kier molecular flexibility index (Phi) is 7.92. The lowest BCUT2D eigenvalue weighted by Crippen LogP contribution is -2.46. The molecule has 0 aliphatic heterocycles. The molecule has 0 aromatic heterocycles. The second-order valence-electron chi connectivity index (χ2n) is 6.02. The molecule has 1 atom stereocenters. The van der Waals surface area contributed by atoms with Crippen LogP contribution < -0.4 is 10.6 Å². The lowest BCUT2D eigenvalue weighted by atomic mass is 10.1. The van der Waals surface area contributed by atoms with Gasteiger partial charge >= 0.3 is 5.97 Å². The van der Waals surface area contributed by atoms with E-state index in [0.29, 0.717) is 12.1 Å². The second-order valence-corrected chi connectivity index (χ2v) is 8.18. The van der Waals surface area contributed by atoms with Crippen LogP contribution in [0.2, 0.25) is 0 Å². The van der Waals surface area contributed by atoms with E-state index in [-0.39, 0.29) is 16.4 Å². The predicted molar refractivity (Wildman–Crippen MR) is 98.6 cm³/mol. The average molecular weight is 399 g/mol. The van der Waals surface area contributed by atoms with E-state index in [9.17, 15) is 22.8 Å². The zero-order valence-corrected chi connectivity index (χ0v) is 16.8. The highest BCUT2D eigenvalue weighted by molar-refractivity contribution is 7.89. The number of hydrogen-bond acceptors (Lipinski definition) is 6. The molecule has 0 unspecified atom stereocenters. The molecule has 27 heavy (non-hydrogen) atoms. The molecule has 10 heteroatoms. The first kappa shape index (κ1) is 22.6. The third-order valence-electron chi connectivity index (χ3n) is 3.66. The van der Waals surface area contributed by atoms with Crippen molar-refractivity contribution < 1.29 is 27.5 Å². The molecule has 0 bridgehead atoms. The normalized spacial score (nSPS) is 12.4. The zero-order valence-electron chi connectivity index (χ0n) is 16.0. The minimum absolute atomic E-state index is 0.0440. The van der Waals surface area contributed by atoms with Gasteiger partial charge in [-0.05, 0) is 38.5 Å². The van der Waals surface area contributed by atoms with Crippen molar-refractivity contribution in [2.24, 2.45) is 0 Å². The Labute approximate surface area is 159 Å². The molecule has 2 N–H and O–H groups in total. The summed E-state index contributed by atoms with van der Waals surface area (Å²) in [5.74, 6) is -1.82. The molecule has 0 aliphatic rings. The molecule has 0 spiro atoms. The Morgan fingerprint density at radius 3 is 2.41 bits per heavy atom. The molecule has 1 aromatic rings. The third-order valence-corrected chi connectivity index (χ3v) is 5.47. The number of aryl methyl sites for hydroxylation is 1. The van der Waals surface area contributed by atoms with Crippen LogP contribution in [0.15, 0.2) is 23.1 Å². The molecule has 1 rings (SSSR count). The van der Waals surface area contributed by atoms with Gasteiger partial charge in [-0.1, -0.05) is 6.07 Å². The van der Waals surface area contributed by atoms with Gasteiger partial charge in [0.05, 0.1) is 10.5 Å².